The third-order valence-electron chi connectivity index (χ3n) is 2.71. The summed E-state index contributed by atoms with van der Waals surface area (Å²) in [5.41, 5.74) is 8.45. The highest BCUT2D eigenvalue weighted by Gasteiger charge is 2.08. The predicted molar refractivity (Wildman–Crippen MR) is 64.4 cm³/mol. The van der Waals surface area contributed by atoms with Gasteiger partial charge in [0.1, 0.15) is 0 Å². The van der Waals surface area contributed by atoms with E-state index >= 15 is 0 Å². The Morgan fingerprint density at radius 2 is 2.00 bits per heavy atom. The van der Waals surface area contributed by atoms with Gasteiger partial charge >= 0.3 is 5.97 Å². The van der Waals surface area contributed by atoms with Gasteiger partial charge in [0.25, 0.3) is 0 Å². The fourth-order valence-electron chi connectivity index (χ4n) is 1.79. The molecule has 0 spiro atoms. The Hall–Kier alpha value is -1.35. The van der Waals surface area contributed by atoms with Crippen LogP contribution in [0, 0.1) is 0 Å². The Bertz CT molecular complexity index is 350. The first-order chi connectivity index (χ1) is 7.63. The van der Waals surface area contributed by atoms with Crippen LogP contribution in [0.15, 0.2) is 24.3 Å². The van der Waals surface area contributed by atoms with Crippen LogP contribution in [0.25, 0.3) is 0 Å². The Kier molecular flexibility index (Phi) is 4.99. The van der Waals surface area contributed by atoms with E-state index in [2.05, 4.69) is 19.1 Å². The van der Waals surface area contributed by atoms with Gasteiger partial charge in [-0.1, -0.05) is 31.2 Å². The highest BCUT2D eigenvalue weighted by molar-refractivity contribution is 5.66. The summed E-state index contributed by atoms with van der Waals surface area (Å²) >= 11 is 0. The maximum Gasteiger partial charge on any atom is 0.303 e. The molecule has 1 unspecified atom stereocenters. The molecule has 1 aromatic rings. The second-order valence-electron chi connectivity index (χ2n) is 4.02. The van der Waals surface area contributed by atoms with E-state index in [1.165, 1.54) is 11.1 Å². The summed E-state index contributed by atoms with van der Waals surface area (Å²) in [7, 11) is 0. The molecule has 0 bridgehead atoms. The molecule has 0 aliphatic carbocycles. The molecule has 3 N–H and O–H groups in total. The summed E-state index contributed by atoms with van der Waals surface area (Å²) in [5.74, 6) is -0.778. The van der Waals surface area contributed by atoms with Crippen molar-refractivity contribution in [1.82, 2.24) is 0 Å². The first-order valence-corrected chi connectivity index (χ1v) is 5.67. The molecule has 16 heavy (non-hydrogen) atoms. The standard InChI is InChI=1S/C13H19NO2/c1-2-10-5-3-4-6-11(10)9-12(14)7-8-13(15)16/h3-6,12H,2,7-9,14H2,1H3,(H,15,16). The fraction of sp³-hybridized carbons (Fsp3) is 0.462. The van der Waals surface area contributed by atoms with Crippen molar-refractivity contribution in [3.05, 3.63) is 35.4 Å². The van der Waals surface area contributed by atoms with Gasteiger partial charge in [-0.05, 0) is 30.4 Å². The summed E-state index contributed by atoms with van der Waals surface area (Å²) in [6.45, 7) is 2.11. The maximum absolute atomic E-state index is 10.4. The number of aryl methyl sites for hydroxylation is 1. The molecule has 0 aliphatic rings. The van der Waals surface area contributed by atoms with Crippen molar-refractivity contribution >= 4 is 5.97 Å². The molecule has 1 rings (SSSR count). The van der Waals surface area contributed by atoms with E-state index in [-0.39, 0.29) is 12.5 Å². The van der Waals surface area contributed by atoms with Crippen LogP contribution in [0.3, 0.4) is 0 Å². The number of rotatable bonds is 6. The lowest BCUT2D eigenvalue weighted by atomic mass is 9.97. The lowest BCUT2D eigenvalue weighted by Crippen LogP contribution is -2.24. The summed E-state index contributed by atoms with van der Waals surface area (Å²) in [6.07, 6.45) is 2.43. The van der Waals surface area contributed by atoms with Crippen LogP contribution in [0.1, 0.15) is 30.9 Å². The van der Waals surface area contributed by atoms with Crippen molar-refractivity contribution in [2.75, 3.05) is 0 Å². The highest BCUT2D eigenvalue weighted by atomic mass is 16.4. The van der Waals surface area contributed by atoms with Crippen LogP contribution in [-0.2, 0) is 17.6 Å². The summed E-state index contributed by atoms with van der Waals surface area (Å²) < 4.78 is 0. The van der Waals surface area contributed by atoms with Crippen molar-refractivity contribution in [1.29, 1.82) is 0 Å². The van der Waals surface area contributed by atoms with Gasteiger partial charge in [0.2, 0.25) is 0 Å². The average molecular weight is 221 g/mol. The van der Waals surface area contributed by atoms with E-state index in [0.717, 1.165) is 12.8 Å². The largest absolute Gasteiger partial charge is 0.481 e. The van der Waals surface area contributed by atoms with Crippen molar-refractivity contribution in [2.24, 2.45) is 5.73 Å². The minimum Gasteiger partial charge on any atom is -0.481 e. The minimum absolute atomic E-state index is 0.0659. The average Bonchev–Trinajstić information content (AvgIpc) is 2.27. The Balaban J connectivity index is 2.55. The molecule has 0 aromatic heterocycles. The van der Waals surface area contributed by atoms with Crippen LogP contribution in [0.4, 0.5) is 0 Å². The van der Waals surface area contributed by atoms with Gasteiger partial charge in [-0.25, -0.2) is 0 Å². The molecule has 1 atom stereocenters. The molecule has 0 aliphatic heterocycles. The van der Waals surface area contributed by atoms with E-state index in [4.69, 9.17) is 10.8 Å². The van der Waals surface area contributed by atoms with Gasteiger partial charge in [-0.2, -0.15) is 0 Å². The number of benzene rings is 1. The third-order valence-corrected chi connectivity index (χ3v) is 2.71. The fourth-order valence-corrected chi connectivity index (χ4v) is 1.79. The second-order valence-corrected chi connectivity index (χ2v) is 4.02. The monoisotopic (exact) mass is 221 g/mol. The Morgan fingerprint density at radius 3 is 2.56 bits per heavy atom. The van der Waals surface area contributed by atoms with Crippen LogP contribution in [-0.4, -0.2) is 17.1 Å². The van der Waals surface area contributed by atoms with Crippen molar-refractivity contribution in [3.8, 4) is 0 Å². The van der Waals surface area contributed by atoms with Gasteiger partial charge in [0, 0.05) is 12.5 Å². The van der Waals surface area contributed by atoms with Gasteiger partial charge in [-0.3, -0.25) is 4.79 Å². The van der Waals surface area contributed by atoms with E-state index in [1.807, 2.05) is 12.1 Å². The molecule has 0 amide bonds. The van der Waals surface area contributed by atoms with Gasteiger partial charge in [-0.15, -0.1) is 0 Å². The Labute approximate surface area is 96.3 Å². The normalized spacial score (nSPS) is 12.4. The first-order valence-electron chi connectivity index (χ1n) is 5.67. The molecule has 3 heteroatoms. The maximum atomic E-state index is 10.4. The number of hydrogen-bond donors (Lipinski definition) is 2. The zero-order valence-electron chi connectivity index (χ0n) is 9.65. The number of carboxylic acid groups (broad SMARTS) is 1. The van der Waals surface area contributed by atoms with Crippen LogP contribution < -0.4 is 5.73 Å². The molecule has 3 nitrogen and oxygen atoms in total. The number of hydrogen-bond acceptors (Lipinski definition) is 2. The molecule has 0 radical (unpaired) electrons. The molecule has 1 aromatic carbocycles. The Morgan fingerprint density at radius 1 is 1.38 bits per heavy atom. The zero-order valence-corrected chi connectivity index (χ0v) is 9.65. The van der Waals surface area contributed by atoms with Crippen molar-refractivity contribution in [3.63, 3.8) is 0 Å². The molecular weight excluding hydrogens is 202 g/mol. The molecular formula is C13H19NO2. The number of nitrogens with two attached hydrogens (primary N) is 1. The van der Waals surface area contributed by atoms with Crippen LogP contribution in [0.2, 0.25) is 0 Å². The van der Waals surface area contributed by atoms with Gasteiger partial charge in [0.15, 0.2) is 0 Å². The predicted octanol–water partition coefficient (Wildman–Crippen LogP) is 1.98. The van der Waals surface area contributed by atoms with E-state index in [9.17, 15) is 4.79 Å². The number of aliphatic carboxylic acids is 1. The van der Waals surface area contributed by atoms with E-state index in [1.54, 1.807) is 0 Å². The van der Waals surface area contributed by atoms with Crippen molar-refractivity contribution in [2.45, 2.75) is 38.6 Å². The first kappa shape index (κ1) is 12.7. The SMILES string of the molecule is CCc1ccccc1CC(N)CCC(=O)O. The van der Waals surface area contributed by atoms with Gasteiger partial charge < -0.3 is 10.8 Å². The third kappa shape index (κ3) is 4.03. The quantitative estimate of drug-likeness (QED) is 0.772. The molecule has 88 valence electrons. The lowest BCUT2D eigenvalue weighted by molar-refractivity contribution is -0.137. The zero-order chi connectivity index (χ0) is 12.0. The van der Waals surface area contributed by atoms with Crippen LogP contribution >= 0.6 is 0 Å². The smallest absolute Gasteiger partial charge is 0.303 e. The highest BCUT2D eigenvalue weighted by Crippen LogP contribution is 2.12. The van der Waals surface area contributed by atoms with Gasteiger partial charge in [0.05, 0.1) is 0 Å². The van der Waals surface area contributed by atoms with Crippen LogP contribution in [0.5, 0.6) is 0 Å². The topological polar surface area (TPSA) is 63.3 Å². The summed E-state index contributed by atoms with van der Waals surface area (Å²) in [4.78, 5) is 10.4. The number of carboxylic acids is 1. The second kappa shape index (κ2) is 6.28. The molecule has 0 fully saturated rings. The molecule has 0 heterocycles. The van der Waals surface area contributed by atoms with Crippen molar-refractivity contribution < 1.29 is 9.90 Å². The summed E-state index contributed by atoms with van der Waals surface area (Å²) in [5, 5.41) is 8.57. The summed E-state index contributed by atoms with van der Waals surface area (Å²) in [6, 6.07) is 8.12. The molecule has 0 saturated heterocycles. The minimum atomic E-state index is -0.778. The van der Waals surface area contributed by atoms with E-state index < -0.39 is 5.97 Å². The molecule has 0 saturated carbocycles. The lowest BCUT2D eigenvalue weighted by Gasteiger charge is -2.13. The number of carbonyl (C=O) groups is 1. The van der Waals surface area contributed by atoms with E-state index in [0.29, 0.717) is 6.42 Å².